The molecule has 64 valence electrons. The molecule has 2 rings (SSSR count). The zero-order valence-electron chi connectivity index (χ0n) is 14.1. The molecule has 1 heterocycles. The van der Waals surface area contributed by atoms with Gasteiger partial charge in [-0.25, -0.2) is 0 Å². The summed E-state index contributed by atoms with van der Waals surface area (Å²) in [5, 5.41) is 0. The number of rotatable bonds is 1. The van der Waals surface area contributed by atoms with E-state index >= 15 is 0 Å². The molecule has 0 aromatic heterocycles. The molecule has 1 nitrogen and oxygen atoms in total. The minimum Gasteiger partial charge on any atom is -0.372 e. The van der Waals surface area contributed by atoms with E-state index in [0.717, 1.165) is 0 Å². The Labute approximate surface area is 92.8 Å². The molecule has 0 spiro atoms. The number of anilines is 1. The van der Waals surface area contributed by atoms with Gasteiger partial charge in [-0.05, 0) is 30.9 Å². The lowest BCUT2D eigenvalue weighted by atomic mass is 10.3. The second-order valence-electron chi connectivity index (χ2n) is 2.29. The highest BCUT2D eigenvalue weighted by Crippen LogP contribution is 2.23. The second kappa shape index (κ2) is 3.48. The number of hydrogen-bond donors (Lipinski definition) is 0. The Morgan fingerprint density at radius 2 is 2.08 bits per heavy atom. The molecule has 0 unspecified atom stereocenters. The summed E-state index contributed by atoms with van der Waals surface area (Å²) >= 11 is 3.18. The molecule has 0 bridgehead atoms. The quantitative estimate of drug-likeness (QED) is 0.721. The van der Waals surface area contributed by atoms with Crippen LogP contribution in [0.3, 0.4) is 0 Å². The van der Waals surface area contributed by atoms with Gasteiger partial charge in [-0.2, -0.15) is 0 Å². The van der Waals surface area contributed by atoms with Gasteiger partial charge < -0.3 is 4.90 Å². The monoisotopic (exact) mass is 233 g/mol. The topological polar surface area (TPSA) is 3.24 Å². The predicted octanol–water partition coefficient (Wildman–Crippen LogP) is 3.05. The van der Waals surface area contributed by atoms with Crippen LogP contribution in [0.4, 0.5) is 5.69 Å². The normalized spacial score (nSPS) is 43.6. The van der Waals surface area contributed by atoms with E-state index in [-0.39, 0.29) is 5.69 Å². The molecule has 0 radical (unpaired) electrons. The molecule has 12 heavy (non-hydrogen) atoms. The fourth-order valence-corrected chi connectivity index (χ4v) is 1.33. The molecule has 2 heteroatoms. The highest BCUT2D eigenvalue weighted by molar-refractivity contribution is 9.10. The number of hydrogen-bond acceptors (Lipinski definition) is 1. The molecule has 1 aliphatic heterocycles. The van der Waals surface area contributed by atoms with Gasteiger partial charge in [0.2, 0.25) is 0 Å². The Bertz CT molecular complexity index is 518. The lowest BCUT2D eigenvalue weighted by Gasteiger charge is -2.17. The minimum absolute atomic E-state index is 0.0691. The first-order chi connectivity index (χ1) is 8.87. The number of halogens is 1. The molecule has 0 amide bonds. The van der Waals surface area contributed by atoms with Crippen molar-refractivity contribution in [2.24, 2.45) is 0 Å². The van der Waals surface area contributed by atoms with E-state index in [2.05, 4.69) is 15.9 Å². The van der Waals surface area contributed by atoms with Crippen molar-refractivity contribution in [1.82, 2.24) is 0 Å². The van der Waals surface area contributed by atoms with E-state index in [1.54, 1.807) is 12.1 Å². The van der Waals surface area contributed by atoms with Crippen molar-refractivity contribution in [1.29, 1.82) is 0 Å². The molecule has 0 saturated carbocycles. The predicted molar refractivity (Wildman–Crippen MR) is 55.6 cm³/mol. The number of benzene rings is 1. The summed E-state index contributed by atoms with van der Waals surface area (Å²) in [6.07, 6.45) is -6.02. The van der Waals surface area contributed by atoms with Gasteiger partial charge in [-0.1, -0.05) is 22.0 Å². The van der Waals surface area contributed by atoms with Crippen molar-refractivity contribution in [3.63, 3.8) is 0 Å². The summed E-state index contributed by atoms with van der Waals surface area (Å²) in [4.78, 5) is 0.532. The zero-order valence-corrected chi connectivity index (χ0v) is 7.72. The number of nitrogens with zero attached hydrogens (tertiary/aromatic N) is 1. The average molecular weight is 234 g/mol. The molecule has 1 aromatic carbocycles. The Morgan fingerprint density at radius 3 is 2.75 bits per heavy atom. The van der Waals surface area contributed by atoms with Crippen molar-refractivity contribution in [2.45, 2.75) is 12.7 Å². The highest BCUT2D eigenvalue weighted by Gasteiger charge is 2.11. The highest BCUT2D eigenvalue weighted by atomic mass is 79.9. The van der Waals surface area contributed by atoms with E-state index in [1.165, 1.54) is 12.1 Å². The van der Waals surface area contributed by atoms with Crippen molar-refractivity contribution in [3.8, 4) is 0 Å². The van der Waals surface area contributed by atoms with E-state index in [4.69, 9.17) is 11.0 Å². The Kier molecular flexibility index (Phi) is 0.875. The third kappa shape index (κ3) is 1.63. The molecule has 1 aliphatic rings. The minimum atomic E-state index is -3.01. The van der Waals surface area contributed by atoms with E-state index < -0.39 is 25.7 Å². The Balaban J connectivity index is 2.69. The Hall–Kier alpha value is -0.500. The van der Waals surface area contributed by atoms with Crippen LogP contribution in [-0.4, -0.2) is 13.0 Å². The van der Waals surface area contributed by atoms with Gasteiger partial charge in [-0.15, -0.1) is 0 Å². The van der Waals surface area contributed by atoms with Crippen LogP contribution in [0.15, 0.2) is 28.7 Å². The SMILES string of the molecule is [2H]C1([2H])N(c2cccc(Br)c2)C([2H])([2H])C([2H])([2H])C1([2H])[2H]. The first-order valence-electron chi connectivity index (χ1n) is 7.43. The van der Waals surface area contributed by atoms with E-state index in [1.807, 2.05) is 0 Å². The zero-order chi connectivity index (χ0) is 15.6. The van der Waals surface area contributed by atoms with Crippen LogP contribution in [-0.2, 0) is 0 Å². The van der Waals surface area contributed by atoms with Gasteiger partial charge in [0.05, 0.1) is 0 Å². The summed E-state index contributed by atoms with van der Waals surface area (Å²) in [6.45, 7) is -5.67. The van der Waals surface area contributed by atoms with Gasteiger partial charge in [-0.3, -0.25) is 0 Å². The summed E-state index contributed by atoms with van der Waals surface area (Å²) in [5.41, 5.74) is 0.0691. The van der Waals surface area contributed by atoms with Crippen LogP contribution in [0.25, 0.3) is 0 Å². The van der Waals surface area contributed by atoms with Gasteiger partial charge in [0, 0.05) is 34.1 Å². The molecule has 0 N–H and O–H groups in total. The van der Waals surface area contributed by atoms with Gasteiger partial charge in [0.15, 0.2) is 0 Å². The van der Waals surface area contributed by atoms with Crippen molar-refractivity contribution >= 4 is 21.6 Å². The summed E-state index contributed by atoms with van der Waals surface area (Å²) in [5.74, 6) is 0. The maximum absolute atomic E-state index is 7.89. The third-order valence-electron chi connectivity index (χ3n) is 1.46. The first kappa shape index (κ1) is 3.02. The first-order valence-corrected chi connectivity index (χ1v) is 4.22. The van der Waals surface area contributed by atoms with Crippen LogP contribution in [0, 0.1) is 0 Å². The Morgan fingerprint density at radius 1 is 1.33 bits per heavy atom. The van der Waals surface area contributed by atoms with Crippen molar-refractivity contribution in [2.75, 3.05) is 17.9 Å². The molecule has 1 saturated heterocycles. The molecule has 1 fully saturated rings. The van der Waals surface area contributed by atoms with E-state index in [9.17, 15) is 0 Å². The molecule has 1 aromatic rings. The summed E-state index contributed by atoms with van der Waals surface area (Å²) in [7, 11) is 0. The average Bonchev–Trinajstić information content (AvgIpc) is 2.33. The fraction of sp³-hybridized carbons (Fsp3) is 0.400. The lowest BCUT2D eigenvalue weighted by Crippen LogP contribution is -2.17. The maximum Gasteiger partial charge on any atom is 0.0493 e. The van der Waals surface area contributed by atoms with Gasteiger partial charge in [0.25, 0.3) is 0 Å². The molecule has 0 atom stereocenters. The van der Waals surface area contributed by atoms with Gasteiger partial charge in [0.1, 0.15) is 0 Å². The van der Waals surface area contributed by atoms with Crippen LogP contribution < -0.4 is 4.90 Å². The molecule has 0 aliphatic carbocycles. The van der Waals surface area contributed by atoms with Crippen LogP contribution in [0.1, 0.15) is 23.7 Å². The van der Waals surface area contributed by atoms with E-state index in [0.29, 0.717) is 9.37 Å². The largest absolute Gasteiger partial charge is 0.372 e. The second-order valence-corrected chi connectivity index (χ2v) is 3.20. The van der Waals surface area contributed by atoms with Crippen LogP contribution in [0.5, 0.6) is 0 Å². The summed E-state index contributed by atoms with van der Waals surface area (Å²) < 4.78 is 62.9. The molecular weight excluding hydrogens is 214 g/mol. The third-order valence-corrected chi connectivity index (χ3v) is 1.96. The van der Waals surface area contributed by atoms with Gasteiger partial charge >= 0.3 is 0 Å². The fourth-order valence-electron chi connectivity index (χ4n) is 0.940. The smallest absolute Gasteiger partial charge is 0.0493 e. The van der Waals surface area contributed by atoms with Crippen molar-refractivity contribution in [3.05, 3.63) is 28.7 Å². The van der Waals surface area contributed by atoms with Crippen LogP contribution in [0.2, 0.25) is 0 Å². The lowest BCUT2D eigenvalue weighted by molar-refractivity contribution is 0.949. The molecular formula is C10H12BrN. The standard InChI is InChI=1S/C10H12BrN/c11-9-4-3-5-10(8-9)12-6-1-2-7-12/h3-5,8H,1-2,6-7H2/i1D2,2D2,6D2,7D2. The summed E-state index contributed by atoms with van der Waals surface area (Å²) in [6, 6.07) is 6.05. The van der Waals surface area contributed by atoms with Crippen LogP contribution >= 0.6 is 15.9 Å². The maximum atomic E-state index is 7.89. The van der Waals surface area contributed by atoms with Crippen molar-refractivity contribution < 1.29 is 11.0 Å².